The second-order valence-electron chi connectivity index (χ2n) is 2.10. The van der Waals surface area contributed by atoms with Gasteiger partial charge in [-0.3, -0.25) is 0 Å². The molecule has 0 aliphatic rings. The zero-order chi connectivity index (χ0) is 13.1. The number of nitriles is 2. The van der Waals surface area contributed by atoms with Crippen molar-refractivity contribution in [3.63, 3.8) is 0 Å². The Labute approximate surface area is 119 Å². The number of rotatable bonds is 0. The first kappa shape index (κ1) is 17.5. The normalized spacial score (nSPS) is 14.5. The Hall–Kier alpha value is 1.52. The molecule has 0 spiro atoms. The van der Waals surface area contributed by atoms with Crippen molar-refractivity contribution in [2.75, 3.05) is 0 Å². The fourth-order valence-corrected chi connectivity index (χ4v) is 1.63. The zero-order valence-corrected chi connectivity index (χ0v) is 15.6. The van der Waals surface area contributed by atoms with Crippen LogP contribution in [-0.2, 0) is 0 Å². The maximum atomic E-state index is 8.31. The Balaban J connectivity index is 0.000000293. The van der Waals surface area contributed by atoms with Crippen LogP contribution in [0.25, 0.3) is 0 Å². The molecule has 16 heavy (non-hydrogen) atoms. The Morgan fingerprint density at radius 3 is 1.75 bits per heavy atom. The molecule has 0 aliphatic heterocycles. The van der Waals surface area contributed by atoms with E-state index < -0.39 is 9.14 Å². The number of hydrogen-bond donors (Lipinski definition) is 0. The Kier molecular flexibility index (Phi) is 5.75. The first-order valence-electron chi connectivity index (χ1n) is 2.98. The van der Waals surface area contributed by atoms with Gasteiger partial charge >= 0.3 is 62.1 Å². The van der Waals surface area contributed by atoms with Crippen molar-refractivity contribution in [2.45, 2.75) is 0 Å². The molecule has 0 saturated carbocycles. The van der Waals surface area contributed by atoms with Crippen LogP contribution >= 0.6 is 76.0 Å². The molecule has 0 aliphatic carbocycles. The fraction of sp³-hybridized carbons (Fsp3) is 0. The van der Waals surface area contributed by atoms with Gasteiger partial charge in [-0.25, -0.2) is 0 Å². The van der Waals surface area contributed by atoms with E-state index in [1.807, 2.05) is 12.1 Å². The van der Waals surface area contributed by atoms with Gasteiger partial charge in [-0.05, 0) is 0 Å². The monoisotopic (exact) mass is 485 g/mol. The standard InChI is InChI=1S/C4N3S2.6ClH.Sb/c5-1-3-4(2-6)9-7-8-3;;;;;;;/h;6*1H;/q+1;;;;;;;+5/p-6. The summed E-state index contributed by atoms with van der Waals surface area (Å²) >= 11 is 2.12. The summed E-state index contributed by atoms with van der Waals surface area (Å²) < 4.78 is 3.70. The van der Waals surface area contributed by atoms with Crippen molar-refractivity contribution in [3.8, 4) is 12.1 Å². The molecule has 0 amide bonds. The molecule has 0 fully saturated rings. The minimum absolute atomic E-state index is 0.405. The number of aromatic nitrogens is 1. The molecule has 0 N–H and O–H groups in total. The van der Waals surface area contributed by atoms with Crippen LogP contribution in [0.3, 0.4) is 0 Å². The second kappa shape index (κ2) is 5.25. The summed E-state index contributed by atoms with van der Waals surface area (Å²) in [5.74, 6) is 0. The molecule has 1 aromatic rings. The van der Waals surface area contributed by atoms with Crippen LogP contribution in [0.15, 0.2) is 0 Å². The summed E-state index contributed by atoms with van der Waals surface area (Å²) in [5.41, 5.74) is 0. The summed E-state index contributed by atoms with van der Waals surface area (Å²) in [6.45, 7) is 0. The van der Waals surface area contributed by atoms with Gasteiger partial charge in [-0.2, -0.15) is 10.5 Å². The van der Waals surface area contributed by atoms with Crippen LogP contribution in [0.4, 0.5) is 0 Å². The van der Waals surface area contributed by atoms with E-state index in [9.17, 15) is 0 Å². The third-order valence-electron chi connectivity index (χ3n) is 0.666. The van der Waals surface area contributed by atoms with E-state index in [0.717, 1.165) is 23.1 Å². The summed E-state index contributed by atoms with van der Waals surface area (Å²) in [6.07, 6.45) is 0. The number of hydrogen-bond acceptors (Lipinski definition) is 4. The average Bonchev–Trinajstić information content (AvgIpc) is 2.44. The molecule has 0 unspecified atom stereocenters. The molecule has 0 aromatic carbocycles. The molecule has 1 heterocycles. The molecule has 0 saturated heterocycles. The van der Waals surface area contributed by atoms with Gasteiger partial charge in [0.2, 0.25) is 23.1 Å². The summed E-state index contributed by atoms with van der Waals surface area (Å²) in [4.78, 5) is 0.810. The van der Waals surface area contributed by atoms with E-state index in [4.69, 9.17) is 63.5 Å². The molecule has 12 heteroatoms. The van der Waals surface area contributed by atoms with Gasteiger partial charge in [0.1, 0.15) is 12.1 Å². The van der Waals surface area contributed by atoms with Crippen molar-refractivity contribution in [1.82, 2.24) is 3.76 Å². The molecule has 90 valence electrons. The molecular formula is C4Cl6N3S2Sb. The van der Waals surface area contributed by atoms with Crippen LogP contribution in [0, 0.1) is 22.7 Å². The van der Waals surface area contributed by atoms with Gasteiger partial charge in [-0.15, -0.1) is 0 Å². The van der Waals surface area contributed by atoms with Gasteiger partial charge < -0.3 is 0 Å². The zero-order valence-electron chi connectivity index (χ0n) is 6.87. The maximum absolute atomic E-state index is 8.31. The van der Waals surface area contributed by atoms with Crippen LogP contribution in [0.5, 0.6) is 0 Å². The van der Waals surface area contributed by atoms with E-state index in [0.29, 0.717) is 9.75 Å². The summed E-state index contributed by atoms with van der Waals surface area (Å²) in [7, 11) is 25.0. The van der Waals surface area contributed by atoms with Crippen molar-refractivity contribution in [1.29, 1.82) is 10.5 Å². The fourth-order valence-electron chi connectivity index (χ4n) is 0.318. The van der Waals surface area contributed by atoms with E-state index >= 15 is 0 Å². The molecule has 3 nitrogen and oxygen atoms in total. The molecule has 0 atom stereocenters. The summed E-state index contributed by atoms with van der Waals surface area (Å²) in [6, 6.07) is 3.74. The third-order valence-corrected chi connectivity index (χ3v) is 2.35. The third kappa shape index (κ3) is 13.6. The first-order chi connectivity index (χ1) is 6.83. The van der Waals surface area contributed by atoms with Crippen molar-refractivity contribution >= 4 is 85.2 Å². The average molecular weight is 489 g/mol. The molecule has 0 bridgehead atoms. The van der Waals surface area contributed by atoms with Gasteiger partial charge in [0.25, 0.3) is 9.75 Å². The quantitative estimate of drug-likeness (QED) is 0.382. The predicted octanol–water partition coefficient (Wildman–Crippen LogP) is 4.99. The van der Waals surface area contributed by atoms with Crippen LogP contribution in [-0.4, -0.2) is 12.9 Å². The molecule has 1 rings (SSSR count). The Bertz CT molecular complexity index is 424. The van der Waals surface area contributed by atoms with E-state index in [2.05, 4.69) is 3.76 Å². The molecular weight excluding hydrogens is 489 g/mol. The van der Waals surface area contributed by atoms with Crippen LogP contribution in [0.2, 0.25) is 0 Å². The minimum atomic E-state index is -5.42. The van der Waals surface area contributed by atoms with E-state index in [1.54, 1.807) is 0 Å². The Morgan fingerprint density at radius 2 is 1.50 bits per heavy atom. The number of halogens is 6. The van der Waals surface area contributed by atoms with Crippen molar-refractivity contribution in [2.24, 2.45) is 0 Å². The van der Waals surface area contributed by atoms with Crippen LogP contribution < -0.4 is 0 Å². The molecule has 0 radical (unpaired) electrons. The summed E-state index contributed by atoms with van der Waals surface area (Å²) in [5, 5.41) is 16.6. The van der Waals surface area contributed by atoms with Crippen LogP contribution in [0.1, 0.15) is 9.75 Å². The van der Waals surface area contributed by atoms with Gasteiger partial charge in [0.15, 0.2) is 0 Å². The van der Waals surface area contributed by atoms with E-state index in [-0.39, 0.29) is 0 Å². The molecule has 1 aromatic heterocycles. The Morgan fingerprint density at radius 1 is 1.06 bits per heavy atom. The second-order valence-corrected chi connectivity index (χ2v) is 60.8. The van der Waals surface area contributed by atoms with Gasteiger partial charge in [0.05, 0.1) is 3.76 Å². The SMILES string of the molecule is N#Cc1sn[s+]c1C#N.[Cl][Sb-]([Cl])([Cl])([Cl])([Cl])[Cl]. The number of nitrogens with zero attached hydrogens (tertiary/aromatic N) is 3. The van der Waals surface area contributed by atoms with Gasteiger partial charge in [-0.1, -0.05) is 0 Å². The predicted molar refractivity (Wildman–Crippen MR) is 74.7 cm³/mol. The van der Waals surface area contributed by atoms with E-state index in [1.165, 1.54) is 0 Å². The van der Waals surface area contributed by atoms with Crippen molar-refractivity contribution in [3.05, 3.63) is 9.75 Å². The van der Waals surface area contributed by atoms with Crippen molar-refractivity contribution < 1.29 is 0 Å². The first-order valence-corrected chi connectivity index (χ1v) is 23.9. The topological polar surface area (TPSA) is 60.5 Å². The van der Waals surface area contributed by atoms with Gasteiger partial charge in [0, 0.05) is 0 Å².